The van der Waals surface area contributed by atoms with E-state index in [1.807, 2.05) is 36.9 Å². The van der Waals surface area contributed by atoms with Gasteiger partial charge < -0.3 is 10.2 Å². The quantitative estimate of drug-likeness (QED) is 0.806. The van der Waals surface area contributed by atoms with Gasteiger partial charge in [0.15, 0.2) is 5.78 Å². The fourth-order valence-electron chi connectivity index (χ4n) is 2.24. The number of carbonyl (C=O) groups excluding carboxylic acids is 2. The first-order valence-corrected chi connectivity index (χ1v) is 6.10. The highest BCUT2D eigenvalue weighted by Crippen LogP contribution is 2.26. The van der Waals surface area contributed by atoms with Crippen LogP contribution in [-0.4, -0.2) is 30.3 Å². The molecule has 0 aromatic heterocycles. The van der Waals surface area contributed by atoms with E-state index >= 15 is 0 Å². The average Bonchev–Trinajstić information content (AvgIpc) is 2.32. The molecule has 1 fully saturated rings. The van der Waals surface area contributed by atoms with Gasteiger partial charge in [0.05, 0.1) is 0 Å². The Labute approximate surface area is 107 Å². The van der Waals surface area contributed by atoms with Crippen LogP contribution in [0.1, 0.15) is 31.1 Å². The Morgan fingerprint density at radius 3 is 2.78 bits per heavy atom. The second-order valence-electron chi connectivity index (χ2n) is 5.07. The summed E-state index contributed by atoms with van der Waals surface area (Å²) in [5.41, 5.74) is 1.00. The second kappa shape index (κ2) is 4.44. The van der Waals surface area contributed by atoms with Gasteiger partial charge >= 0.3 is 0 Å². The third-order valence-electron chi connectivity index (χ3n) is 3.42. The minimum absolute atomic E-state index is 0.0157. The molecule has 0 bridgehead atoms. The molecule has 1 aliphatic rings. The molecule has 4 heteroatoms. The van der Waals surface area contributed by atoms with Crippen molar-refractivity contribution in [2.75, 3.05) is 18.0 Å². The van der Waals surface area contributed by atoms with E-state index in [1.165, 1.54) is 0 Å². The van der Waals surface area contributed by atoms with Crippen molar-refractivity contribution in [3.8, 4) is 0 Å². The van der Waals surface area contributed by atoms with E-state index in [0.29, 0.717) is 12.1 Å². The molecule has 0 saturated carbocycles. The highest BCUT2D eigenvalue weighted by Gasteiger charge is 2.37. The largest absolute Gasteiger partial charge is 0.356 e. The summed E-state index contributed by atoms with van der Waals surface area (Å²) in [5, 5.41) is 2.86. The molecule has 1 aromatic carbocycles. The minimum Gasteiger partial charge on any atom is -0.356 e. The Hall–Kier alpha value is -1.84. The number of hydrogen-bond acceptors (Lipinski definition) is 3. The van der Waals surface area contributed by atoms with Crippen LogP contribution in [0.5, 0.6) is 0 Å². The Bertz CT molecular complexity index is 494. The second-order valence-corrected chi connectivity index (χ2v) is 5.07. The van der Waals surface area contributed by atoms with Crippen molar-refractivity contribution >= 4 is 17.4 Å². The number of rotatable bonds is 2. The summed E-state index contributed by atoms with van der Waals surface area (Å²) in [5.74, 6) is 0.0538. The van der Waals surface area contributed by atoms with Gasteiger partial charge in [-0.05, 0) is 32.9 Å². The van der Waals surface area contributed by atoms with Gasteiger partial charge in [0.25, 0.3) is 0 Å². The van der Waals surface area contributed by atoms with Gasteiger partial charge in [-0.15, -0.1) is 0 Å². The molecule has 1 saturated heterocycles. The fraction of sp³-hybridized carbons (Fsp3) is 0.429. The van der Waals surface area contributed by atoms with Crippen molar-refractivity contribution in [1.82, 2.24) is 5.32 Å². The number of anilines is 1. The van der Waals surface area contributed by atoms with Crippen LogP contribution in [0.25, 0.3) is 0 Å². The summed E-state index contributed by atoms with van der Waals surface area (Å²) < 4.78 is 0. The highest BCUT2D eigenvalue weighted by molar-refractivity contribution is 5.96. The molecule has 4 nitrogen and oxygen atoms in total. The standard InChI is InChI=1S/C14H18N2O2/c1-10(17)11-5-4-6-12(9-11)16-8-7-15-13(18)14(16,2)3/h4-6,9H,7-8H2,1-3H3,(H,15,18). The lowest BCUT2D eigenvalue weighted by molar-refractivity contribution is -0.126. The first kappa shape index (κ1) is 12.6. The number of nitrogens with one attached hydrogen (secondary N) is 1. The molecule has 0 unspecified atom stereocenters. The molecule has 1 heterocycles. The van der Waals surface area contributed by atoms with Gasteiger partial charge in [0.2, 0.25) is 5.91 Å². The molecule has 1 aliphatic heterocycles. The molecule has 0 radical (unpaired) electrons. The zero-order chi connectivity index (χ0) is 13.3. The van der Waals surface area contributed by atoms with Crippen molar-refractivity contribution in [3.05, 3.63) is 29.8 Å². The Morgan fingerprint density at radius 1 is 1.39 bits per heavy atom. The van der Waals surface area contributed by atoms with E-state index in [2.05, 4.69) is 5.32 Å². The summed E-state index contributed by atoms with van der Waals surface area (Å²) in [6.07, 6.45) is 0. The maximum atomic E-state index is 11.9. The predicted octanol–water partition coefficient (Wildman–Crippen LogP) is 1.60. The van der Waals surface area contributed by atoms with Gasteiger partial charge in [0.1, 0.15) is 5.54 Å². The van der Waals surface area contributed by atoms with Crippen molar-refractivity contribution in [3.63, 3.8) is 0 Å². The topological polar surface area (TPSA) is 49.4 Å². The van der Waals surface area contributed by atoms with Crippen LogP contribution < -0.4 is 10.2 Å². The van der Waals surface area contributed by atoms with Crippen molar-refractivity contribution in [2.45, 2.75) is 26.3 Å². The molecule has 0 atom stereocenters. The summed E-state index contributed by atoms with van der Waals surface area (Å²) in [6.45, 7) is 6.71. The smallest absolute Gasteiger partial charge is 0.245 e. The fourth-order valence-corrected chi connectivity index (χ4v) is 2.24. The lowest BCUT2D eigenvalue weighted by atomic mass is 9.97. The van der Waals surface area contributed by atoms with Crippen LogP contribution in [-0.2, 0) is 4.79 Å². The summed E-state index contributed by atoms with van der Waals surface area (Å²) in [6, 6.07) is 7.44. The van der Waals surface area contributed by atoms with Crippen LogP contribution in [0.3, 0.4) is 0 Å². The molecule has 1 amide bonds. The van der Waals surface area contributed by atoms with Crippen LogP contribution in [0.4, 0.5) is 5.69 Å². The third kappa shape index (κ3) is 2.10. The number of benzene rings is 1. The molecule has 0 aliphatic carbocycles. The molecule has 0 spiro atoms. The van der Waals surface area contributed by atoms with E-state index in [-0.39, 0.29) is 11.7 Å². The van der Waals surface area contributed by atoms with E-state index in [1.54, 1.807) is 13.0 Å². The van der Waals surface area contributed by atoms with Crippen molar-refractivity contribution < 1.29 is 9.59 Å². The lowest BCUT2D eigenvalue weighted by Gasteiger charge is -2.43. The van der Waals surface area contributed by atoms with Crippen LogP contribution >= 0.6 is 0 Å². The molecule has 2 rings (SSSR count). The first-order valence-electron chi connectivity index (χ1n) is 6.10. The summed E-state index contributed by atoms with van der Waals surface area (Å²) in [7, 11) is 0. The number of piperazine rings is 1. The van der Waals surface area contributed by atoms with E-state index in [9.17, 15) is 9.59 Å². The first-order chi connectivity index (χ1) is 8.43. The van der Waals surface area contributed by atoms with E-state index in [4.69, 9.17) is 0 Å². The van der Waals surface area contributed by atoms with E-state index in [0.717, 1.165) is 12.2 Å². The molecule has 18 heavy (non-hydrogen) atoms. The Kier molecular flexibility index (Phi) is 3.11. The number of amides is 1. The summed E-state index contributed by atoms with van der Waals surface area (Å²) in [4.78, 5) is 25.3. The lowest BCUT2D eigenvalue weighted by Crippen LogP contribution is -2.62. The molecule has 1 N–H and O–H groups in total. The Balaban J connectivity index is 2.38. The SMILES string of the molecule is CC(=O)c1cccc(N2CCNC(=O)C2(C)C)c1. The van der Waals surface area contributed by atoms with Crippen LogP contribution in [0, 0.1) is 0 Å². The number of ketones is 1. The Morgan fingerprint density at radius 2 is 2.11 bits per heavy atom. The number of nitrogens with zero attached hydrogens (tertiary/aromatic N) is 1. The normalized spacial score (nSPS) is 18.4. The van der Waals surface area contributed by atoms with Crippen molar-refractivity contribution in [2.24, 2.45) is 0 Å². The zero-order valence-corrected chi connectivity index (χ0v) is 11.0. The molecule has 1 aromatic rings. The van der Waals surface area contributed by atoms with Crippen molar-refractivity contribution in [1.29, 1.82) is 0 Å². The minimum atomic E-state index is -0.590. The average molecular weight is 246 g/mol. The monoisotopic (exact) mass is 246 g/mol. The maximum absolute atomic E-state index is 11.9. The van der Waals surface area contributed by atoms with Gasteiger partial charge in [-0.1, -0.05) is 12.1 Å². The summed E-state index contributed by atoms with van der Waals surface area (Å²) >= 11 is 0. The van der Waals surface area contributed by atoms with Gasteiger partial charge in [-0.3, -0.25) is 9.59 Å². The molecular formula is C14H18N2O2. The van der Waals surface area contributed by atoms with Gasteiger partial charge in [-0.2, -0.15) is 0 Å². The maximum Gasteiger partial charge on any atom is 0.245 e. The van der Waals surface area contributed by atoms with Crippen LogP contribution in [0.2, 0.25) is 0 Å². The highest BCUT2D eigenvalue weighted by atomic mass is 16.2. The zero-order valence-electron chi connectivity index (χ0n) is 11.0. The van der Waals surface area contributed by atoms with Gasteiger partial charge in [-0.25, -0.2) is 0 Å². The molecule has 96 valence electrons. The molecular weight excluding hydrogens is 228 g/mol. The van der Waals surface area contributed by atoms with E-state index < -0.39 is 5.54 Å². The van der Waals surface area contributed by atoms with Crippen LogP contribution in [0.15, 0.2) is 24.3 Å². The number of carbonyl (C=O) groups is 2. The number of Topliss-reactive ketones (excluding diaryl/α,β-unsaturated/α-hetero) is 1. The van der Waals surface area contributed by atoms with Gasteiger partial charge in [0, 0.05) is 24.3 Å². The number of hydrogen-bond donors (Lipinski definition) is 1. The predicted molar refractivity (Wildman–Crippen MR) is 70.9 cm³/mol. The third-order valence-corrected chi connectivity index (χ3v) is 3.42.